The molecule has 2 aromatic rings. The fraction of sp³-hybridized carbons (Fsp3) is 0.333. The molecular formula is C12H12N2O. The van der Waals surface area contributed by atoms with Crippen LogP contribution in [0.5, 0.6) is 5.75 Å². The van der Waals surface area contributed by atoms with Gasteiger partial charge in [-0.15, -0.1) is 0 Å². The molecule has 0 spiro atoms. The minimum absolute atomic E-state index is 0.838. The molecule has 0 amide bonds. The van der Waals surface area contributed by atoms with Crippen molar-refractivity contribution in [3.63, 3.8) is 0 Å². The molecule has 76 valence electrons. The van der Waals surface area contributed by atoms with Gasteiger partial charge in [-0.2, -0.15) is 0 Å². The minimum Gasteiger partial charge on any atom is -0.493 e. The van der Waals surface area contributed by atoms with Crippen molar-refractivity contribution in [1.82, 2.24) is 10.3 Å². The van der Waals surface area contributed by atoms with Gasteiger partial charge in [0.1, 0.15) is 5.75 Å². The van der Waals surface area contributed by atoms with Crippen LogP contribution in [0.4, 0.5) is 0 Å². The first-order valence-electron chi connectivity index (χ1n) is 5.42. The second-order valence-corrected chi connectivity index (χ2v) is 4.28. The minimum atomic E-state index is 0.838. The normalized spacial score (nSPS) is 17.9. The van der Waals surface area contributed by atoms with E-state index in [9.17, 15) is 0 Å². The summed E-state index contributed by atoms with van der Waals surface area (Å²) in [7, 11) is 0. The van der Waals surface area contributed by atoms with Gasteiger partial charge in [0.25, 0.3) is 0 Å². The van der Waals surface area contributed by atoms with Crippen LogP contribution in [-0.2, 0) is 19.5 Å². The summed E-state index contributed by atoms with van der Waals surface area (Å²) in [5, 5.41) is 4.80. The van der Waals surface area contributed by atoms with Crippen LogP contribution in [0.3, 0.4) is 0 Å². The first-order valence-corrected chi connectivity index (χ1v) is 5.42. The van der Waals surface area contributed by atoms with E-state index < -0.39 is 0 Å². The Labute approximate surface area is 87.4 Å². The summed E-state index contributed by atoms with van der Waals surface area (Å²) in [4.78, 5) is 3.35. The van der Waals surface area contributed by atoms with Gasteiger partial charge in [-0.05, 0) is 17.2 Å². The second-order valence-electron chi connectivity index (χ2n) is 4.28. The lowest BCUT2D eigenvalue weighted by molar-refractivity contribution is 0.352. The van der Waals surface area contributed by atoms with Crippen LogP contribution >= 0.6 is 0 Å². The van der Waals surface area contributed by atoms with Crippen LogP contribution in [0.2, 0.25) is 0 Å². The topological polar surface area (TPSA) is 37.0 Å². The third kappa shape index (κ3) is 0.887. The van der Waals surface area contributed by atoms with Crippen molar-refractivity contribution < 1.29 is 4.74 Å². The molecule has 0 saturated heterocycles. The molecule has 0 saturated carbocycles. The number of aromatic amines is 1. The van der Waals surface area contributed by atoms with Gasteiger partial charge in [0, 0.05) is 42.2 Å². The van der Waals surface area contributed by atoms with Crippen LogP contribution in [0.15, 0.2) is 12.3 Å². The quantitative estimate of drug-likeness (QED) is 0.679. The standard InChI is InChI=1S/C12H12N2O/c1-2-15-12-7(1)3-10-11-8(5-14-10)4-13-6-9(11)12/h3,5,13-14H,1-2,4,6H2. The van der Waals surface area contributed by atoms with E-state index in [-0.39, 0.29) is 0 Å². The summed E-state index contributed by atoms with van der Waals surface area (Å²) < 4.78 is 5.73. The highest BCUT2D eigenvalue weighted by atomic mass is 16.5. The van der Waals surface area contributed by atoms with E-state index in [2.05, 4.69) is 22.6 Å². The first-order chi connectivity index (χ1) is 7.43. The van der Waals surface area contributed by atoms with Gasteiger partial charge in [-0.25, -0.2) is 0 Å². The highest BCUT2D eigenvalue weighted by molar-refractivity contribution is 5.90. The van der Waals surface area contributed by atoms with Gasteiger partial charge in [-0.3, -0.25) is 0 Å². The Kier molecular flexibility index (Phi) is 1.32. The SMILES string of the molecule is c1[nH]c2cc3c(c4c2c1CNC4)OCC3. The molecule has 3 heteroatoms. The van der Waals surface area contributed by atoms with Gasteiger partial charge in [0.15, 0.2) is 0 Å². The Bertz CT molecular complexity index is 556. The summed E-state index contributed by atoms with van der Waals surface area (Å²) in [5.41, 5.74) is 5.34. The fourth-order valence-corrected chi connectivity index (χ4v) is 2.76. The molecule has 3 heterocycles. The maximum atomic E-state index is 5.73. The van der Waals surface area contributed by atoms with Crippen LogP contribution in [-0.4, -0.2) is 11.6 Å². The molecule has 4 rings (SSSR count). The Hall–Kier alpha value is -1.48. The number of rotatable bonds is 0. The number of nitrogens with one attached hydrogen (secondary N) is 2. The van der Waals surface area contributed by atoms with Gasteiger partial charge in [-0.1, -0.05) is 0 Å². The van der Waals surface area contributed by atoms with E-state index in [0.29, 0.717) is 0 Å². The predicted octanol–water partition coefficient (Wildman–Crippen LogP) is 1.71. The summed E-state index contributed by atoms with van der Waals surface area (Å²) in [6.45, 7) is 2.74. The summed E-state index contributed by atoms with van der Waals surface area (Å²) in [6.07, 6.45) is 3.15. The van der Waals surface area contributed by atoms with Crippen molar-refractivity contribution in [2.24, 2.45) is 0 Å². The molecule has 0 unspecified atom stereocenters. The van der Waals surface area contributed by atoms with E-state index in [0.717, 1.165) is 31.9 Å². The molecule has 0 fully saturated rings. The molecule has 0 atom stereocenters. The molecule has 2 aliphatic rings. The zero-order valence-electron chi connectivity index (χ0n) is 8.39. The molecule has 2 aliphatic heterocycles. The molecule has 0 radical (unpaired) electrons. The number of H-pyrrole nitrogens is 1. The van der Waals surface area contributed by atoms with E-state index in [1.54, 1.807) is 0 Å². The lowest BCUT2D eigenvalue weighted by Gasteiger charge is -2.16. The number of benzene rings is 1. The zero-order valence-corrected chi connectivity index (χ0v) is 8.39. The van der Waals surface area contributed by atoms with Crippen LogP contribution in [0, 0.1) is 0 Å². The van der Waals surface area contributed by atoms with Gasteiger partial charge in [0.2, 0.25) is 0 Å². The van der Waals surface area contributed by atoms with Crippen LogP contribution in [0.25, 0.3) is 10.9 Å². The third-order valence-corrected chi connectivity index (χ3v) is 3.41. The summed E-state index contributed by atoms with van der Waals surface area (Å²) in [5.74, 6) is 1.13. The summed E-state index contributed by atoms with van der Waals surface area (Å²) >= 11 is 0. The lowest BCUT2D eigenvalue weighted by atomic mass is 9.98. The van der Waals surface area contributed by atoms with Crippen molar-refractivity contribution >= 4 is 10.9 Å². The Morgan fingerprint density at radius 3 is 3.20 bits per heavy atom. The molecule has 15 heavy (non-hydrogen) atoms. The largest absolute Gasteiger partial charge is 0.493 e. The highest BCUT2D eigenvalue weighted by Crippen LogP contribution is 2.38. The maximum Gasteiger partial charge on any atom is 0.127 e. The lowest BCUT2D eigenvalue weighted by Crippen LogP contribution is -2.17. The molecule has 0 aliphatic carbocycles. The van der Waals surface area contributed by atoms with Crippen molar-refractivity contribution in [2.75, 3.05) is 6.61 Å². The third-order valence-electron chi connectivity index (χ3n) is 3.41. The van der Waals surface area contributed by atoms with Gasteiger partial charge < -0.3 is 15.0 Å². The van der Waals surface area contributed by atoms with E-state index in [1.165, 1.54) is 27.6 Å². The number of aromatic nitrogens is 1. The number of hydrogen-bond acceptors (Lipinski definition) is 2. The number of hydrogen-bond donors (Lipinski definition) is 2. The smallest absolute Gasteiger partial charge is 0.127 e. The van der Waals surface area contributed by atoms with E-state index in [4.69, 9.17) is 4.74 Å². The summed E-state index contributed by atoms with van der Waals surface area (Å²) in [6, 6.07) is 2.25. The molecule has 2 N–H and O–H groups in total. The van der Waals surface area contributed by atoms with Crippen LogP contribution < -0.4 is 10.1 Å². The Morgan fingerprint density at radius 2 is 2.20 bits per heavy atom. The average Bonchev–Trinajstić information content (AvgIpc) is 2.87. The predicted molar refractivity (Wildman–Crippen MR) is 58.0 cm³/mol. The van der Waals surface area contributed by atoms with E-state index >= 15 is 0 Å². The van der Waals surface area contributed by atoms with Crippen molar-refractivity contribution in [1.29, 1.82) is 0 Å². The first kappa shape index (κ1) is 7.77. The van der Waals surface area contributed by atoms with Gasteiger partial charge in [0.05, 0.1) is 6.61 Å². The fourth-order valence-electron chi connectivity index (χ4n) is 2.76. The molecule has 1 aromatic carbocycles. The molecule has 3 nitrogen and oxygen atoms in total. The molecule has 1 aromatic heterocycles. The highest BCUT2D eigenvalue weighted by Gasteiger charge is 2.23. The van der Waals surface area contributed by atoms with Gasteiger partial charge >= 0.3 is 0 Å². The Morgan fingerprint density at radius 1 is 1.20 bits per heavy atom. The van der Waals surface area contributed by atoms with Crippen molar-refractivity contribution in [2.45, 2.75) is 19.5 Å². The van der Waals surface area contributed by atoms with Crippen molar-refractivity contribution in [3.05, 3.63) is 29.0 Å². The zero-order chi connectivity index (χ0) is 9.83. The Balaban J connectivity index is 2.18. The second kappa shape index (κ2) is 2.55. The maximum absolute atomic E-state index is 5.73. The average molecular weight is 200 g/mol. The number of fused-ring (bicyclic) bond motifs is 2. The van der Waals surface area contributed by atoms with Crippen LogP contribution in [0.1, 0.15) is 16.7 Å². The molecular weight excluding hydrogens is 188 g/mol. The number of ether oxygens (including phenoxy) is 1. The van der Waals surface area contributed by atoms with Crippen molar-refractivity contribution in [3.8, 4) is 5.75 Å². The monoisotopic (exact) mass is 200 g/mol. The van der Waals surface area contributed by atoms with E-state index in [1.807, 2.05) is 0 Å². The molecule has 0 bridgehead atoms.